The van der Waals surface area contributed by atoms with Crippen LogP contribution in [-0.4, -0.2) is 16.7 Å². The Balaban J connectivity index is 2.16. The molecule has 2 aromatic heterocycles. The Bertz CT molecular complexity index is 505. The van der Waals surface area contributed by atoms with Crippen molar-refractivity contribution in [2.75, 3.05) is 0 Å². The van der Waals surface area contributed by atoms with Crippen LogP contribution in [0.1, 0.15) is 31.3 Å². The van der Waals surface area contributed by atoms with E-state index in [1.54, 1.807) is 32.9 Å². The average molecular weight is 235 g/mol. The van der Waals surface area contributed by atoms with Gasteiger partial charge >= 0.3 is 5.97 Å². The topological polar surface area (TPSA) is 65.5 Å². The highest BCUT2D eigenvalue weighted by Crippen LogP contribution is 2.21. The standard InChI is InChI=1S/C12H13NO4/c1-12(2,3)16-11(14)8-7-10(17-13-8)9-5-4-6-15-9/h4-7H,1-3H3. The van der Waals surface area contributed by atoms with Crippen molar-refractivity contribution >= 4 is 5.97 Å². The first-order chi connectivity index (χ1) is 7.96. The fourth-order valence-electron chi connectivity index (χ4n) is 1.24. The molecule has 0 aliphatic heterocycles. The molecule has 0 unspecified atom stereocenters. The summed E-state index contributed by atoms with van der Waals surface area (Å²) in [4.78, 5) is 11.7. The number of hydrogen-bond acceptors (Lipinski definition) is 5. The van der Waals surface area contributed by atoms with E-state index >= 15 is 0 Å². The molecular weight excluding hydrogens is 222 g/mol. The lowest BCUT2D eigenvalue weighted by atomic mass is 10.2. The quantitative estimate of drug-likeness (QED) is 0.749. The van der Waals surface area contributed by atoms with Crippen molar-refractivity contribution in [3.05, 3.63) is 30.2 Å². The lowest BCUT2D eigenvalue weighted by Crippen LogP contribution is -2.24. The highest BCUT2D eigenvalue weighted by molar-refractivity contribution is 5.88. The number of aromatic nitrogens is 1. The third-order valence-electron chi connectivity index (χ3n) is 1.88. The molecule has 0 atom stereocenters. The largest absolute Gasteiger partial charge is 0.461 e. The summed E-state index contributed by atoms with van der Waals surface area (Å²) in [5.41, 5.74) is -0.424. The van der Waals surface area contributed by atoms with E-state index in [1.165, 1.54) is 12.3 Å². The first kappa shape index (κ1) is 11.4. The number of nitrogens with zero attached hydrogens (tertiary/aromatic N) is 1. The second-order valence-electron chi connectivity index (χ2n) is 4.56. The van der Waals surface area contributed by atoms with Crippen molar-refractivity contribution in [2.24, 2.45) is 0 Å². The predicted molar refractivity (Wildman–Crippen MR) is 59.4 cm³/mol. The molecule has 90 valence electrons. The van der Waals surface area contributed by atoms with Crippen LogP contribution in [0.4, 0.5) is 0 Å². The molecule has 0 bridgehead atoms. The van der Waals surface area contributed by atoms with Crippen LogP contribution in [0.15, 0.2) is 33.4 Å². The zero-order valence-corrected chi connectivity index (χ0v) is 9.89. The minimum atomic E-state index is -0.555. The normalized spacial score (nSPS) is 11.5. The molecule has 2 heterocycles. The van der Waals surface area contributed by atoms with Crippen molar-refractivity contribution < 1.29 is 18.5 Å². The number of hydrogen-bond donors (Lipinski definition) is 0. The number of rotatable bonds is 2. The van der Waals surface area contributed by atoms with Crippen LogP contribution >= 0.6 is 0 Å². The fraction of sp³-hybridized carbons (Fsp3) is 0.333. The molecule has 0 saturated heterocycles. The van der Waals surface area contributed by atoms with Crippen LogP contribution in [0.25, 0.3) is 11.5 Å². The molecule has 2 rings (SSSR count). The van der Waals surface area contributed by atoms with E-state index in [4.69, 9.17) is 13.7 Å². The molecule has 5 heteroatoms. The molecule has 0 N–H and O–H groups in total. The van der Waals surface area contributed by atoms with Crippen LogP contribution in [0.5, 0.6) is 0 Å². The van der Waals surface area contributed by atoms with E-state index in [-0.39, 0.29) is 5.69 Å². The molecule has 0 amide bonds. The third-order valence-corrected chi connectivity index (χ3v) is 1.88. The molecule has 0 fully saturated rings. The molecule has 0 aliphatic rings. The highest BCUT2D eigenvalue weighted by atomic mass is 16.6. The van der Waals surface area contributed by atoms with E-state index in [2.05, 4.69) is 5.16 Å². The van der Waals surface area contributed by atoms with Gasteiger partial charge < -0.3 is 13.7 Å². The van der Waals surface area contributed by atoms with Gasteiger partial charge in [0.2, 0.25) is 5.76 Å². The molecule has 0 saturated carbocycles. The Labute approximate surface area is 98.3 Å². The van der Waals surface area contributed by atoms with E-state index in [0.29, 0.717) is 11.5 Å². The second kappa shape index (κ2) is 4.08. The molecule has 2 aromatic rings. The smallest absolute Gasteiger partial charge is 0.361 e. The van der Waals surface area contributed by atoms with Crippen molar-refractivity contribution in [3.63, 3.8) is 0 Å². The summed E-state index contributed by atoms with van der Waals surface area (Å²) in [7, 11) is 0. The second-order valence-corrected chi connectivity index (χ2v) is 4.56. The average Bonchev–Trinajstić information content (AvgIpc) is 2.86. The van der Waals surface area contributed by atoms with Gasteiger partial charge in [-0.15, -0.1) is 0 Å². The number of carbonyl (C=O) groups excluding carboxylic acids is 1. The highest BCUT2D eigenvalue weighted by Gasteiger charge is 2.21. The Morgan fingerprint density at radius 1 is 1.35 bits per heavy atom. The van der Waals surface area contributed by atoms with E-state index in [9.17, 15) is 4.79 Å². The van der Waals surface area contributed by atoms with Gasteiger partial charge in [-0.05, 0) is 32.9 Å². The number of esters is 1. The Hall–Kier alpha value is -2.04. The van der Waals surface area contributed by atoms with Crippen LogP contribution in [-0.2, 0) is 4.74 Å². The van der Waals surface area contributed by atoms with E-state index < -0.39 is 11.6 Å². The van der Waals surface area contributed by atoms with Gasteiger partial charge in [0.15, 0.2) is 11.5 Å². The maximum absolute atomic E-state index is 11.7. The lowest BCUT2D eigenvalue weighted by molar-refractivity contribution is 0.00588. The van der Waals surface area contributed by atoms with Crippen LogP contribution in [0, 0.1) is 0 Å². The van der Waals surface area contributed by atoms with Crippen molar-refractivity contribution in [3.8, 4) is 11.5 Å². The molecule has 0 spiro atoms. The zero-order chi connectivity index (χ0) is 12.5. The Morgan fingerprint density at radius 3 is 2.71 bits per heavy atom. The monoisotopic (exact) mass is 235 g/mol. The molecular formula is C12H13NO4. The predicted octanol–water partition coefficient (Wildman–Crippen LogP) is 2.89. The van der Waals surface area contributed by atoms with Gasteiger partial charge in [0.1, 0.15) is 5.60 Å². The lowest BCUT2D eigenvalue weighted by Gasteiger charge is -2.18. The Morgan fingerprint density at radius 2 is 2.12 bits per heavy atom. The van der Waals surface area contributed by atoms with Gasteiger partial charge in [0, 0.05) is 6.07 Å². The van der Waals surface area contributed by atoms with Gasteiger partial charge in [-0.3, -0.25) is 0 Å². The maximum atomic E-state index is 11.7. The molecule has 0 radical (unpaired) electrons. The maximum Gasteiger partial charge on any atom is 0.361 e. The summed E-state index contributed by atoms with van der Waals surface area (Å²) in [6.45, 7) is 5.37. The van der Waals surface area contributed by atoms with Crippen molar-refractivity contribution in [2.45, 2.75) is 26.4 Å². The third kappa shape index (κ3) is 2.75. The summed E-state index contributed by atoms with van der Waals surface area (Å²) < 4.78 is 15.3. The molecule has 0 aromatic carbocycles. The van der Waals surface area contributed by atoms with Crippen molar-refractivity contribution in [1.82, 2.24) is 5.16 Å². The minimum absolute atomic E-state index is 0.131. The first-order valence-electron chi connectivity index (χ1n) is 5.20. The van der Waals surface area contributed by atoms with Gasteiger partial charge in [0.25, 0.3) is 0 Å². The minimum Gasteiger partial charge on any atom is -0.461 e. The summed E-state index contributed by atoms with van der Waals surface area (Å²) in [6.07, 6.45) is 1.52. The summed E-state index contributed by atoms with van der Waals surface area (Å²) in [5, 5.41) is 3.65. The van der Waals surface area contributed by atoms with Gasteiger partial charge in [-0.2, -0.15) is 0 Å². The van der Waals surface area contributed by atoms with Crippen LogP contribution < -0.4 is 0 Å². The summed E-state index contributed by atoms with van der Waals surface area (Å²) >= 11 is 0. The van der Waals surface area contributed by atoms with Crippen molar-refractivity contribution in [1.29, 1.82) is 0 Å². The van der Waals surface area contributed by atoms with E-state index in [0.717, 1.165) is 0 Å². The van der Waals surface area contributed by atoms with Gasteiger partial charge in [0.05, 0.1) is 6.26 Å². The van der Waals surface area contributed by atoms with Gasteiger partial charge in [-0.1, -0.05) is 5.16 Å². The number of carbonyl (C=O) groups is 1. The molecule has 5 nitrogen and oxygen atoms in total. The SMILES string of the molecule is CC(C)(C)OC(=O)c1cc(-c2ccco2)on1. The summed E-state index contributed by atoms with van der Waals surface area (Å²) in [6, 6.07) is 4.94. The first-order valence-corrected chi connectivity index (χ1v) is 5.20. The van der Waals surface area contributed by atoms with Crippen LogP contribution in [0.2, 0.25) is 0 Å². The zero-order valence-electron chi connectivity index (χ0n) is 9.89. The molecule has 17 heavy (non-hydrogen) atoms. The van der Waals surface area contributed by atoms with E-state index in [1.807, 2.05) is 0 Å². The summed E-state index contributed by atoms with van der Waals surface area (Å²) in [5.74, 6) is 0.405. The number of ether oxygens (including phenoxy) is 1. The van der Waals surface area contributed by atoms with Crippen LogP contribution in [0.3, 0.4) is 0 Å². The Kier molecular flexibility index (Phi) is 2.75. The van der Waals surface area contributed by atoms with Gasteiger partial charge in [-0.25, -0.2) is 4.79 Å². The number of furan rings is 1. The fourth-order valence-corrected chi connectivity index (χ4v) is 1.24. The molecule has 0 aliphatic carbocycles.